The van der Waals surface area contributed by atoms with Gasteiger partial charge in [-0.05, 0) is 36.3 Å². The van der Waals surface area contributed by atoms with Crippen LogP contribution < -0.4 is 14.8 Å². The van der Waals surface area contributed by atoms with Gasteiger partial charge in [-0.15, -0.1) is 0 Å². The smallest absolute Gasteiger partial charge is 0.328 e. The number of amides is 1. The van der Waals surface area contributed by atoms with Crippen molar-refractivity contribution in [2.24, 2.45) is 0 Å². The predicted molar refractivity (Wildman–Crippen MR) is 100 cm³/mol. The molecule has 0 bridgehead atoms. The molecule has 140 valence electrons. The maximum atomic E-state index is 12.3. The summed E-state index contributed by atoms with van der Waals surface area (Å²) in [7, 11) is 0. The Kier molecular flexibility index (Phi) is 6.10. The van der Waals surface area contributed by atoms with Gasteiger partial charge in [0, 0.05) is 12.5 Å². The molecule has 1 N–H and O–H groups in total. The molecule has 0 fully saturated rings. The number of rotatable bonds is 7. The molecular formula is C21H21NO5. The summed E-state index contributed by atoms with van der Waals surface area (Å²) in [4.78, 5) is 24.5. The lowest BCUT2D eigenvalue weighted by molar-refractivity contribution is -0.146. The van der Waals surface area contributed by atoms with Crippen molar-refractivity contribution in [3.63, 3.8) is 0 Å². The molecule has 1 atom stereocenters. The Balaban J connectivity index is 1.65. The summed E-state index contributed by atoms with van der Waals surface area (Å²) >= 11 is 0. The zero-order chi connectivity index (χ0) is 19.1. The number of carbonyl (C=O) groups is 2. The third-order valence-corrected chi connectivity index (χ3v) is 3.99. The van der Waals surface area contributed by atoms with Gasteiger partial charge in [0.2, 0.25) is 12.7 Å². The normalized spacial score (nSPS) is 13.4. The second-order valence-electron chi connectivity index (χ2n) is 5.95. The van der Waals surface area contributed by atoms with E-state index in [1.54, 1.807) is 25.1 Å². The number of hydrogen-bond acceptors (Lipinski definition) is 5. The average molecular weight is 367 g/mol. The molecule has 27 heavy (non-hydrogen) atoms. The van der Waals surface area contributed by atoms with E-state index in [-0.39, 0.29) is 19.3 Å². The van der Waals surface area contributed by atoms with Crippen LogP contribution in [0.25, 0.3) is 6.08 Å². The van der Waals surface area contributed by atoms with E-state index in [0.717, 1.165) is 11.1 Å². The summed E-state index contributed by atoms with van der Waals surface area (Å²) in [6.07, 6.45) is 3.40. The van der Waals surface area contributed by atoms with Crippen molar-refractivity contribution in [3.8, 4) is 11.5 Å². The quantitative estimate of drug-likeness (QED) is 0.602. The highest BCUT2D eigenvalue weighted by Gasteiger charge is 2.21. The highest BCUT2D eigenvalue weighted by atomic mass is 16.7. The van der Waals surface area contributed by atoms with Crippen molar-refractivity contribution in [3.05, 3.63) is 65.7 Å². The maximum absolute atomic E-state index is 12.3. The molecule has 6 heteroatoms. The molecule has 1 unspecified atom stereocenters. The van der Waals surface area contributed by atoms with Crippen LogP contribution >= 0.6 is 0 Å². The number of hydrogen-bond donors (Lipinski definition) is 1. The van der Waals surface area contributed by atoms with Gasteiger partial charge in [-0.25, -0.2) is 4.79 Å². The minimum atomic E-state index is -0.749. The molecule has 1 aliphatic rings. The Morgan fingerprint density at radius 3 is 2.70 bits per heavy atom. The third kappa shape index (κ3) is 5.10. The van der Waals surface area contributed by atoms with E-state index >= 15 is 0 Å². The fraction of sp³-hybridized carbons (Fsp3) is 0.238. The van der Waals surface area contributed by atoms with E-state index in [4.69, 9.17) is 14.2 Å². The molecule has 6 nitrogen and oxygen atoms in total. The van der Waals surface area contributed by atoms with Crippen molar-refractivity contribution < 1.29 is 23.8 Å². The maximum Gasteiger partial charge on any atom is 0.328 e. The first-order valence-corrected chi connectivity index (χ1v) is 8.74. The number of esters is 1. The van der Waals surface area contributed by atoms with Crippen molar-refractivity contribution in [2.75, 3.05) is 13.4 Å². The molecule has 1 heterocycles. The lowest BCUT2D eigenvalue weighted by Crippen LogP contribution is -2.42. The second-order valence-corrected chi connectivity index (χ2v) is 5.95. The van der Waals surface area contributed by atoms with Gasteiger partial charge in [0.05, 0.1) is 6.61 Å². The molecule has 3 rings (SSSR count). The zero-order valence-corrected chi connectivity index (χ0v) is 15.0. The number of ether oxygens (including phenoxy) is 3. The first-order chi connectivity index (χ1) is 13.2. The Morgan fingerprint density at radius 1 is 1.15 bits per heavy atom. The summed E-state index contributed by atoms with van der Waals surface area (Å²) in [6.45, 7) is 2.19. The molecule has 2 aromatic carbocycles. The fourth-order valence-corrected chi connectivity index (χ4v) is 2.69. The van der Waals surface area contributed by atoms with E-state index in [0.29, 0.717) is 17.9 Å². The highest BCUT2D eigenvalue weighted by Crippen LogP contribution is 2.32. The van der Waals surface area contributed by atoms with Crippen LogP contribution in [0.5, 0.6) is 11.5 Å². The lowest BCUT2D eigenvalue weighted by atomic mass is 10.1. The van der Waals surface area contributed by atoms with Gasteiger partial charge in [0.15, 0.2) is 11.5 Å². The van der Waals surface area contributed by atoms with Crippen molar-refractivity contribution in [1.82, 2.24) is 5.32 Å². The Bertz CT molecular complexity index is 832. The number of fused-ring (bicyclic) bond motifs is 1. The third-order valence-electron chi connectivity index (χ3n) is 3.99. The monoisotopic (exact) mass is 367 g/mol. The van der Waals surface area contributed by atoms with E-state index in [9.17, 15) is 9.59 Å². The predicted octanol–water partition coefficient (Wildman–Crippen LogP) is 2.72. The SMILES string of the molecule is CCOC(=O)C(Cc1ccccc1)NC(=O)C=Cc1ccc2c(c1)OCO2. The standard InChI is InChI=1S/C21H21NO5/c1-2-25-21(24)17(12-15-6-4-3-5-7-15)22-20(23)11-9-16-8-10-18-19(13-16)27-14-26-18/h3-11,13,17H,2,12,14H2,1H3,(H,22,23). The van der Waals surface area contributed by atoms with Crippen LogP contribution in [0.1, 0.15) is 18.1 Å². The summed E-state index contributed by atoms with van der Waals surface area (Å²) in [6, 6.07) is 14.1. The summed E-state index contributed by atoms with van der Waals surface area (Å²) < 4.78 is 15.7. The van der Waals surface area contributed by atoms with E-state index < -0.39 is 12.0 Å². The average Bonchev–Trinajstić information content (AvgIpc) is 3.15. The van der Waals surface area contributed by atoms with Crippen LogP contribution in [0.3, 0.4) is 0 Å². The van der Waals surface area contributed by atoms with E-state index in [1.807, 2.05) is 36.4 Å². The highest BCUT2D eigenvalue weighted by molar-refractivity contribution is 5.94. The first-order valence-electron chi connectivity index (χ1n) is 8.74. The minimum absolute atomic E-state index is 0.198. The van der Waals surface area contributed by atoms with Gasteiger partial charge in [0.1, 0.15) is 6.04 Å². The minimum Gasteiger partial charge on any atom is -0.464 e. The summed E-state index contributed by atoms with van der Waals surface area (Å²) in [5, 5.41) is 2.72. The van der Waals surface area contributed by atoms with Gasteiger partial charge < -0.3 is 19.5 Å². The van der Waals surface area contributed by atoms with E-state index in [2.05, 4.69) is 5.32 Å². The van der Waals surface area contributed by atoms with Crippen molar-refractivity contribution >= 4 is 18.0 Å². The van der Waals surface area contributed by atoms with Gasteiger partial charge >= 0.3 is 5.97 Å². The molecule has 0 aliphatic carbocycles. The summed E-state index contributed by atoms with van der Waals surface area (Å²) in [5.41, 5.74) is 1.74. The fourth-order valence-electron chi connectivity index (χ4n) is 2.69. The Hall–Kier alpha value is -3.28. The summed E-state index contributed by atoms with van der Waals surface area (Å²) in [5.74, 6) is 0.501. The van der Waals surface area contributed by atoms with Crippen molar-refractivity contribution in [2.45, 2.75) is 19.4 Å². The lowest BCUT2D eigenvalue weighted by Gasteiger charge is -2.16. The van der Waals surface area contributed by atoms with Crippen LogP contribution in [0.4, 0.5) is 0 Å². The molecule has 2 aromatic rings. The van der Waals surface area contributed by atoms with Gasteiger partial charge in [-0.3, -0.25) is 4.79 Å². The number of nitrogens with one attached hydrogen (secondary N) is 1. The van der Waals surface area contributed by atoms with Gasteiger partial charge in [-0.2, -0.15) is 0 Å². The largest absolute Gasteiger partial charge is 0.464 e. The molecular weight excluding hydrogens is 346 g/mol. The molecule has 1 amide bonds. The van der Waals surface area contributed by atoms with Crippen LogP contribution in [0.15, 0.2) is 54.6 Å². The van der Waals surface area contributed by atoms with E-state index in [1.165, 1.54) is 6.08 Å². The molecule has 0 saturated heterocycles. The van der Waals surface area contributed by atoms with Crippen LogP contribution in [-0.4, -0.2) is 31.3 Å². The number of carbonyl (C=O) groups excluding carboxylic acids is 2. The molecule has 0 saturated carbocycles. The second kappa shape index (κ2) is 8.89. The Morgan fingerprint density at radius 2 is 1.93 bits per heavy atom. The molecule has 1 aliphatic heterocycles. The van der Waals surface area contributed by atoms with Crippen LogP contribution in [0, 0.1) is 0 Å². The molecule has 0 aromatic heterocycles. The van der Waals surface area contributed by atoms with Crippen molar-refractivity contribution in [1.29, 1.82) is 0 Å². The van der Waals surface area contributed by atoms with Crippen LogP contribution in [0.2, 0.25) is 0 Å². The molecule has 0 spiro atoms. The van der Waals surface area contributed by atoms with Gasteiger partial charge in [0.25, 0.3) is 0 Å². The zero-order valence-electron chi connectivity index (χ0n) is 15.0. The topological polar surface area (TPSA) is 73.9 Å². The van der Waals surface area contributed by atoms with Gasteiger partial charge in [-0.1, -0.05) is 36.4 Å². The van der Waals surface area contributed by atoms with Crippen LogP contribution in [-0.2, 0) is 20.7 Å². The molecule has 0 radical (unpaired) electrons. The Labute approximate surface area is 157 Å². The number of benzene rings is 2. The first kappa shape index (κ1) is 18.5.